The maximum absolute atomic E-state index is 4.92. The summed E-state index contributed by atoms with van der Waals surface area (Å²) in [6, 6.07) is 78.5. The molecule has 0 fully saturated rings. The molecule has 0 bridgehead atoms. The zero-order valence-corrected chi connectivity index (χ0v) is 38.1. The molecule has 5 nitrogen and oxygen atoms in total. The minimum atomic E-state index is 0.645. The minimum absolute atomic E-state index is 0.645. The summed E-state index contributed by atoms with van der Waals surface area (Å²) in [5.41, 5.74) is 12.3. The van der Waals surface area contributed by atoms with Crippen molar-refractivity contribution in [3.8, 4) is 56.7 Å². The van der Waals surface area contributed by atoms with Crippen LogP contribution in [-0.2, 0) is 0 Å². The highest BCUT2D eigenvalue weighted by molar-refractivity contribution is 6.27. The predicted octanol–water partition coefficient (Wildman–Crippen LogP) is 16.5. The number of hydrogen-bond donors (Lipinski definition) is 0. The largest absolute Gasteiger partial charge is 0.316 e. The quantitative estimate of drug-likeness (QED) is 0.150. The number of para-hydroxylation sites is 2. The molecule has 0 radical (unpaired) electrons. The van der Waals surface area contributed by atoms with E-state index in [1.807, 2.05) is 97.9 Å². The molecule has 0 aliphatic carbocycles. The van der Waals surface area contributed by atoms with E-state index in [0.29, 0.717) is 17.5 Å². The molecule has 68 heavy (non-hydrogen) atoms. The highest BCUT2D eigenvalue weighted by Gasteiger charge is 2.19. The highest BCUT2D eigenvalue weighted by Crippen LogP contribution is 2.41. The number of rotatable bonds is 7. The van der Waals surface area contributed by atoms with Gasteiger partial charge in [-0.15, -0.1) is 0 Å². The van der Waals surface area contributed by atoms with Crippen LogP contribution in [0.2, 0.25) is 0 Å². The zero-order chi connectivity index (χ0) is 46.2. The van der Waals surface area contributed by atoms with Crippen LogP contribution < -0.4 is 0 Å². The molecule has 0 spiro atoms. The van der Waals surface area contributed by atoms with Crippen LogP contribution in [-0.4, -0.2) is 24.1 Å². The third kappa shape index (κ3) is 8.77. The van der Waals surface area contributed by atoms with Crippen LogP contribution >= 0.6 is 0 Å². The van der Waals surface area contributed by atoms with Crippen molar-refractivity contribution in [3.05, 3.63) is 261 Å². The standard InChI is InChI=1S/C51H33N5.C7H8.C5H8/c1-4-12-38(13-5-1)49-52-50(39-14-6-2-7-15-39)54-51(53-49)40-24-20-34(21-25-40)35-26-29-42(30-27-35)56-44-19-11-10-18-43(44)47-45(56)31-28-36-22-23-37-32-33-55(48(37)46(36)47)41-16-8-3-9-17-41;1-7-5-3-2-4-6-7;1-3-5-4-2/h1-33H;2-6H,1H3;3-5H,1H2,2H3/b;;5-4-. The lowest BCUT2D eigenvalue weighted by Gasteiger charge is -2.12. The number of fused-ring (bicyclic) bond motifs is 7. The first-order chi connectivity index (χ1) is 33.6. The Morgan fingerprint density at radius 2 is 0.897 bits per heavy atom. The number of aryl methyl sites for hydroxylation is 1. The van der Waals surface area contributed by atoms with Gasteiger partial charge in [0.2, 0.25) is 0 Å². The van der Waals surface area contributed by atoms with Crippen LogP contribution in [0.4, 0.5) is 0 Å². The van der Waals surface area contributed by atoms with Gasteiger partial charge in [0.25, 0.3) is 0 Å². The van der Waals surface area contributed by atoms with Gasteiger partial charge in [-0.2, -0.15) is 0 Å². The Balaban J connectivity index is 0.000000397. The molecule has 0 saturated heterocycles. The van der Waals surface area contributed by atoms with Gasteiger partial charge in [0.05, 0.1) is 16.6 Å². The van der Waals surface area contributed by atoms with Crippen molar-refractivity contribution >= 4 is 43.5 Å². The summed E-state index contributed by atoms with van der Waals surface area (Å²) in [6.07, 6.45) is 7.77. The summed E-state index contributed by atoms with van der Waals surface area (Å²) >= 11 is 0. The van der Waals surface area contributed by atoms with E-state index in [4.69, 9.17) is 15.0 Å². The Hall–Kier alpha value is -8.93. The lowest BCUT2D eigenvalue weighted by atomic mass is 10.0. The van der Waals surface area contributed by atoms with Gasteiger partial charge in [-0.3, -0.25) is 0 Å². The van der Waals surface area contributed by atoms with Crippen LogP contribution in [0.25, 0.3) is 100 Å². The Labute approximate surface area is 397 Å². The fourth-order valence-electron chi connectivity index (χ4n) is 8.80. The van der Waals surface area contributed by atoms with Crippen molar-refractivity contribution in [2.75, 3.05) is 0 Å². The van der Waals surface area contributed by atoms with E-state index in [1.54, 1.807) is 6.08 Å². The van der Waals surface area contributed by atoms with Gasteiger partial charge in [0.15, 0.2) is 17.5 Å². The first kappa shape index (κ1) is 43.0. The topological polar surface area (TPSA) is 48.5 Å². The molecule has 0 aliphatic rings. The maximum atomic E-state index is 4.92. The number of allylic oxidation sites excluding steroid dienone is 3. The van der Waals surface area contributed by atoms with Crippen LogP contribution in [0.1, 0.15) is 12.5 Å². The Morgan fingerprint density at radius 3 is 1.44 bits per heavy atom. The first-order valence-electron chi connectivity index (χ1n) is 22.9. The summed E-state index contributed by atoms with van der Waals surface area (Å²) in [7, 11) is 0. The smallest absolute Gasteiger partial charge is 0.164 e. The molecular weight excluding hydrogens is 827 g/mol. The fraction of sp³-hybridized carbons (Fsp3) is 0.0317. The molecule has 0 unspecified atom stereocenters. The first-order valence-corrected chi connectivity index (χ1v) is 22.9. The molecule has 0 amide bonds. The summed E-state index contributed by atoms with van der Waals surface area (Å²) in [4.78, 5) is 14.7. The third-order valence-electron chi connectivity index (χ3n) is 12.1. The number of aromatic nitrogens is 5. The SMILES string of the molecule is C=C/C=C\C.Cc1ccccc1.c1ccc(-c2nc(-c3ccccc3)nc(-c3ccc(-c4ccc(-n5c6ccccc6c6c7c(ccc8ccn(-c9ccccc9)c87)ccc65)cc4)cc3)n2)cc1. The lowest BCUT2D eigenvalue weighted by Crippen LogP contribution is -2.00. The van der Waals surface area contributed by atoms with Crippen LogP contribution in [0.3, 0.4) is 0 Å². The molecule has 3 aromatic heterocycles. The summed E-state index contributed by atoms with van der Waals surface area (Å²) < 4.78 is 4.73. The van der Waals surface area contributed by atoms with Crippen molar-refractivity contribution in [1.29, 1.82) is 0 Å². The normalized spacial score (nSPS) is 11.1. The molecule has 326 valence electrons. The summed E-state index contributed by atoms with van der Waals surface area (Å²) in [5.74, 6) is 1.95. The molecule has 0 N–H and O–H groups in total. The maximum Gasteiger partial charge on any atom is 0.164 e. The van der Waals surface area contributed by atoms with Crippen molar-refractivity contribution in [2.24, 2.45) is 0 Å². The number of hydrogen-bond acceptors (Lipinski definition) is 3. The number of nitrogens with zero attached hydrogens (tertiary/aromatic N) is 5. The number of benzene rings is 9. The second kappa shape index (κ2) is 19.7. The Bertz CT molecular complexity index is 3610. The van der Waals surface area contributed by atoms with Gasteiger partial charge in [-0.1, -0.05) is 212 Å². The Kier molecular flexibility index (Phi) is 12.4. The van der Waals surface area contributed by atoms with Gasteiger partial charge in [-0.25, -0.2) is 15.0 Å². The fourth-order valence-corrected chi connectivity index (χ4v) is 8.80. The minimum Gasteiger partial charge on any atom is -0.316 e. The van der Waals surface area contributed by atoms with E-state index in [1.165, 1.54) is 49.0 Å². The van der Waals surface area contributed by atoms with Gasteiger partial charge in [-0.05, 0) is 72.8 Å². The van der Waals surface area contributed by atoms with Crippen molar-refractivity contribution in [3.63, 3.8) is 0 Å². The van der Waals surface area contributed by atoms with Gasteiger partial charge in [0.1, 0.15) is 0 Å². The third-order valence-corrected chi connectivity index (χ3v) is 12.1. The molecular formula is C63H49N5. The zero-order valence-electron chi connectivity index (χ0n) is 38.1. The van der Waals surface area contributed by atoms with E-state index in [0.717, 1.165) is 39.2 Å². The van der Waals surface area contributed by atoms with Crippen molar-refractivity contribution in [1.82, 2.24) is 24.1 Å². The van der Waals surface area contributed by atoms with Gasteiger partial charge < -0.3 is 9.13 Å². The average Bonchev–Trinajstić information content (AvgIpc) is 4.00. The Morgan fingerprint density at radius 1 is 0.412 bits per heavy atom. The summed E-state index contributed by atoms with van der Waals surface area (Å²) in [5, 5.41) is 6.23. The van der Waals surface area contributed by atoms with Gasteiger partial charge in [0, 0.05) is 55.8 Å². The second-order valence-electron chi connectivity index (χ2n) is 16.5. The van der Waals surface area contributed by atoms with Crippen molar-refractivity contribution < 1.29 is 0 Å². The monoisotopic (exact) mass is 875 g/mol. The highest BCUT2D eigenvalue weighted by atomic mass is 15.0. The summed E-state index contributed by atoms with van der Waals surface area (Å²) in [6.45, 7) is 7.51. The average molecular weight is 876 g/mol. The molecule has 0 saturated carbocycles. The molecule has 3 heterocycles. The van der Waals surface area contributed by atoms with Crippen LogP contribution in [0, 0.1) is 6.92 Å². The molecule has 5 heteroatoms. The van der Waals surface area contributed by atoms with Crippen LogP contribution in [0.5, 0.6) is 0 Å². The van der Waals surface area contributed by atoms with E-state index < -0.39 is 0 Å². The van der Waals surface area contributed by atoms with E-state index >= 15 is 0 Å². The molecule has 12 aromatic rings. The van der Waals surface area contributed by atoms with E-state index in [-0.39, 0.29) is 0 Å². The van der Waals surface area contributed by atoms with Gasteiger partial charge >= 0.3 is 0 Å². The van der Waals surface area contributed by atoms with E-state index in [9.17, 15) is 0 Å². The van der Waals surface area contributed by atoms with Crippen LogP contribution in [0.15, 0.2) is 255 Å². The molecule has 9 aromatic carbocycles. The second-order valence-corrected chi connectivity index (χ2v) is 16.5. The van der Waals surface area contributed by atoms with Crippen molar-refractivity contribution in [2.45, 2.75) is 13.8 Å². The lowest BCUT2D eigenvalue weighted by molar-refractivity contribution is 1.07. The predicted molar refractivity (Wildman–Crippen MR) is 286 cm³/mol. The van der Waals surface area contributed by atoms with E-state index in [2.05, 4.69) is 174 Å². The molecule has 0 atom stereocenters. The molecule has 12 rings (SSSR count). The molecule has 0 aliphatic heterocycles.